The van der Waals surface area contributed by atoms with Gasteiger partial charge in [-0.3, -0.25) is 0 Å². The van der Waals surface area contributed by atoms with Gasteiger partial charge in [-0.25, -0.2) is 8.42 Å². The molecule has 0 unspecified atom stereocenters. The maximum absolute atomic E-state index is 11.6. The molecule has 74 valence electrons. The van der Waals surface area contributed by atoms with Gasteiger partial charge in [0.15, 0.2) is 9.84 Å². The van der Waals surface area contributed by atoms with Crippen molar-refractivity contribution in [1.29, 1.82) is 0 Å². The molecule has 1 rings (SSSR count). The molecule has 1 aromatic heterocycles. The Morgan fingerprint density at radius 1 is 1.38 bits per heavy atom. The lowest BCUT2D eigenvalue weighted by Gasteiger charge is -2.04. The van der Waals surface area contributed by atoms with Crippen LogP contribution in [0.5, 0.6) is 0 Å². The fourth-order valence-electron chi connectivity index (χ4n) is 0.773. The highest BCUT2D eigenvalue weighted by atomic mass is 35.5. The Hall–Kier alpha value is 0.230. The zero-order chi connectivity index (χ0) is 10.2. The molecule has 0 atom stereocenters. The highest BCUT2D eigenvalue weighted by Crippen LogP contribution is 2.35. The summed E-state index contributed by atoms with van der Waals surface area (Å²) >= 11 is 12.4. The standard InChI is InChI=1S/C7H8Cl2O2S2/c1-4(2)13(10,11)5-3-6(8)12-7(5)9/h3-4H,1-2H3. The quantitative estimate of drug-likeness (QED) is 0.817. The molecule has 13 heavy (non-hydrogen) atoms. The van der Waals surface area contributed by atoms with Crippen molar-refractivity contribution in [1.82, 2.24) is 0 Å². The van der Waals surface area contributed by atoms with Gasteiger partial charge >= 0.3 is 0 Å². The van der Waals surface area contributed by atoms with E-state index in [1.165, 1.54) is 6.07 Å². The molecule has 0 aliphatic heterocycles. The number of hydrogen-bond acceptors (Lipinski definition) is 3. The molecule has 0 aliphatic rings. The summed E-state index contributed by atoms with van der Waals surface area (Å²) in [6.07, 6.45) is 0. The van der Waals surface area contributed by atoms with E-state index in [1.54, 1.807) is 13.8 Å². The zero-order valence-corrected chi connectivity index (χ0v) is 10.2. The molecule has 0 spiro atoms. The second-order valence-corrected chi connectivity index (χ2v) is 7.54. The molecule has 0 radical (unpaired) electrons. The average molecular weight is 259 g/mol. The number of sulfone groups is 1. The van der Waals surface area contributed by atoms with E-state index in [-0.39, 0.29) is 9.23 Å². The van der Waals surface area contributed by atoms with Crippen LogP contribution in [-0.2, 0) is 9.84 Å². The summed E-state index contributed by atoms with van der Waals surface area (Å²) in [4.78, 5) is 0.138. The predicted molar refractivity (Wildman–Crippen MR) is 56.7 cm³/mol. The Morgan fingerprint density at radius 3 is 2.23 bits per heavy atom. The normalized spacial score (nSPS) is 12.4. The second-order valence-electron chi connectivity index (χ2n) is 2.78. The Kier molecular flexibility index (Phi) is 3.28. The molecule has 0 fully saturated rings. The maximum Gasteiger partial charge on any atom is 0.183 e. The van der Waals surface area contributed by atoms with Crippen molar-refractivity contribution in [3.63, 3.8) is 0 Å². The van der Waals surface area contributed by atoms with E-state index in [0.29, 0.717) is 4.34 Å². The van der Waals surface area contributed by atoms with E-state index in [2.05, 4.69) is 0 Å². The van der Waals surface area contributed by atoms with Crippen molar-refractivity contribution in [3.05, 3.63) is 14.7 Å². The van der Waals surface area contributed by atoms with Crippen LogP contribution in [0.15, 0.2) is 11.0 Å². The first-order valence-electron chi connectivity index (χ1n) is 3.54. The lowest BCUT2D eigenvalue weighted by molar-refractivity contribution is 0.588. The van der Waals surface area contributed by atoms with Gasteiger partial charge < -0.3 is 0 Å². The fraction of sp³-hybridized carbons (Fsp3) is 0.429. The first-order chi connectivity index (χ1) is 5.85. The summed E-state index contributed by atoms with van der Waals surface area (Å²) < 4.78 is 23.9. The third-order valence-corrected chi connectivity index (χ3v) is 5.46. The van der Waals surface area contributed by atoms with Crippen LogP contribution in [-0.4, -0.2) is 13.7 Å². The SMILES string of the molecule is CC(C)S(=O)(=O)c1cc(Cl)sc1Cl. The summed E-state index contributed by atoms with van der Waals surface area (Å²) in [5.74, 6) is 0. The number of halogens is 2. The van der Waals surface area contributed by atoms with Crippen molar-refractivity contribution in [3.8, 4) is 0 Å². The van der Waals surface area contributed by atoms with Gasteiger partial charge in [0.2, 0.25) is 0 Å². The van der Waals surface area contributed by atoms with Gasteiger partial charge in [0, 0.05) is 0 Å². The van der Waals surface area contributed by atoms with Crippen LogP contribution in [0.25, 0.3) is 0 Å². The Bertz CT molecular complexity index is 406. The van der Waals surface area contributed by atoms with Crippen molar-refractivity contribution >= 4 is 44.4 Å². The highest BCUT2D eigenvalue weighted by molar-refractivity contribution is 7.92. The first kappa shape index (κ1) is 11.3. The van der Waals surface area contributed by atoms with Crippen molar-refractivity contribution in [2.45, 2.75) is 24.0 Å². The molecule has 0 amide bonds. The molecule has 1 heterocycles. The zero-order valence-electron chi connectivity index (χ0n) is 7.04. The van der Waals surface area contributed by atoms with E-state index >= 15 is 0 Å². The number of thiophene rings is 1. The van der Waals surface area contributed by atoms with Gasteiger partial charge in [0.05, 0.1) is 14.5 Å². The molecular formula is C7H8Cl2O2S2. The van der Waals surface area contributed by atoms with Gasteiger partial charge in [0.1, 0.15) is 4.34 Å². The van der Waals surface area contributed by atoms with Crippen molar-refractivity contribution < 1.29 is 8.42 Å². The Morgan fingerprint density at radius 2 is 1.92 bits per heavy atom. The van der Waals surface area contributed by atoms with Crippen LogP contribution in [0.3, 0.4) is 0 Å². The molecule has 0 bridgehead atoms. The van der Waals surface area contributed by atoms with Gasteiger partial charge in [-0.1, -0.05) is 23.2 Å². The highest BCUT2D eigenvalue weighted by Gasteiger charge is 2.24. The van der Waals surface area contributed by atoms with Crippen molar-refractivity contribution in [2.75, 3.05) is 0 Å². The van der Waals surface area contributed by atoms with E-state index < -0.39 is 15.1 Å². The predicted octanol–water partition coefficient (Wildman–Crippen LogP) is 3.24. The lowest BCUT2D eigenvalue weighted by atomic mass is 10.6. The number of hydrogen-bond donors (Lipinski definition) is 0. The van der Waals surface area contributed by atoms with E-state index in [1.807, 2.05) is 0 Å². The average Bonchev–Trinajstić information content (AvgIpc) is 2.30. The molecule has 2 nitrogen and oxygen atoms in total. The third-order valence-electron chi connectivity index (χ3n) is 1.55. The monoisotopic (exact) mass is 258 g/mol. The summed E-state index contributed by atoms with van der Waals surface area (Å²) in [6, 6.07) is 1.39. The van der Waals surface area contributed by atoms with Crippen LogP contribution in [0, 0.1) is 0 Å². The molecule has 0 N–H and O–H groups in total. The summed E-state index contributed by atoms with van der Waals surface area (Å²) in [5.41, 5.74) is 0. The third kappa shape index (κ3) is 2.18. The largest absolute Gasteiger partial charge is 0.223 e. The van der Waals surface area contributed by atoms with Crippen LogP contribution in [0.2, 0.25) is 8.67 Å². The van der Waals surface area contributed by atoms with Gasteiger partial charge in [-0.05, 0) is 19.9 Å². The second kappa shape index (κ2) is 3.77. The minimum atomic E-state index is -3.29. The van der Waals surface area contributed by atoms with Gasteiger partial charge in [-0.2, -0.15) is 0 Å². The van der Waals surface area contributed by atoms with Crippen LogP contribution in [0.4, 0.5) is 0 Å². The lowest BCUT2D eigenvalue weighted by Crippen LogP contribution is -2.13. The molecule has 6 heteroatoms. The van der Waals surface area contributed by atoms with Crippen LogP contribution < -0.4 is 0 Å². The maximum atomic E-state index is 11.6. The molecule has 0 aromatic carbocycles. The van der Waals surface area contributed by atoms with Crippen LogP contribution in [0.1, 0.15) is 13.8 Å². The smallest absolute Gasteiger partial charge is 0.183 e. The molecule has 0 saturated carbocycles. The first-order valence-corrected chi connectivity index (χ1v) is 6.66. The molecule has 1 aromatic rings. The van der Waals surface area contributed by atoms with E-state index in [9.17, 15) is 8.42 Å². The minimum Gasteiger partial charge on any atom is -0.223 e. The van der Waals surface area contributed by atoms with Gasteiger partial charge in [-0.15, -0.1) is 11.3 Å². The molecule has 0 aliphatic carbocycles. The van der Waals surface area contributed by atoms with Crippen LogP contribution >= 0.6 is 34.5 Å². The van der Waals surface area contributed by atoms with Crippen molar-refractivity contribution in [2.24, 2.45) is 0 Å². The number of rotatable bonds is 2. The molecular weight excluding hydrogens is 251 g/mol. The summed E-state index contributed by atoms with van der Waals surface area (Å²) in [5, 5.41) is -0.476. The summed E-state index contributed by atoms with van der Waals surface area (Å²) in [6.45, 7) is 3.22. The minimum absolute atomic E-state index is 0.138. The van der Waals surface area contributed by atoms with Gasteiger partial charge in [0.25, 0.3) is 0 Å². The summed E-state index contributed by atoms with van der Waals surface area (Å²) in [7, 11) is -3.29. The topological polar surface area (TPSA) is 34.1 Å². The molecule has 0 saturated heterocycles. The fourth-order valence-corrected chi connectivity index (χ4v) is 3.99. The van der Waals surface area contributed by atoms with E-state index in [4.69, 9.17) is 23.2 Å². The van der Waals surface area contributed by atoms with E-state index in [0.717, 1.165) is 11.3 Å². The Labute approximate surface area is 91.4 Å². The Balaban J connectivity index is 3.31.